The van der Waals surface area contributed by atoms with Crippen LogP contribution >= 0.6 is 12.4 Å². The van der Waals surface area contributed by atoms with Crippen LogP contribution in [0, 0.1) is 5.82 Å². The predicted molar refractivity (Wildman–Crippen MR) is 104 cm³/mol. The summed E-state index contributed by atoms with van der Waals surface area (Å²) in [5.41, 5.74) is 0.699. The third-order valence-corrected chi connectivity index (χ3v) is 3.75. The highest BCUT2D eigenvalue weighted by Gasteiger charge is 2.27. The summed E-state index contributed by atoms with van der Waals surface area (Å²) in [6.45, 7) is 1.02. The number of hydrazone groups is 1. The number of amides is 1. The lowest BCUT2D eigenvalue weighted by molar-refractivity contribution is -0.121. The van der Waals surface area contributed by atoms with Gasteiger partial charge in [0.15, 0.2) is 6.61 Å². The zero-order chi connectivity index (χ0) is 18.5. The number of carbonyl (C=O) groups excluding carboxylic acids is 1. The smallest absolute Gasteiger partial charge is 0.285 e. The largest absolute Gasteiger partial charge is 0.491 e. The molecule has 27 heavy (non-hydrogen) atoms. The van der Waals surface area contributed by atoms with Crippen molar-refractivity contribution in [3.05, 3.63) is 59.9 Å². The van der Waals surface area contributed by atoms with E-state index in [0.29, 0.717) is 17.9 Å². The number of ether oxygens (including phenoxy) is 2. The maximum absolute atomic E-state index is 14.1. The van der Waals surface area contributed by atoms with Crippen molar-refractivity contribution < 1.29 is 18.7 Å². The molecule has 1 heterocycles. The molecular weight excluding hydrogens is 373 g/mol. The van der Waals surface area contributed by atoms with E-state index in [1.165, 1.54) is 12.1 Å². The van der Waals surface area contributed by atoms with Gasteiger partial charge in [0.25, 0.3) is 5.91 Å². The summed E-state index contributed by atoms with van der Waals surface area (Å²) in [5.74, 6) is -0.157. The maximum atomic E-state index is 14.1. The van der Waals surface area contributed by atoms with Crippen LogP contribution in [0.4, 0.5) is 10.1 Å². The van der Waals surface area contributed by atoms with E-state index in [2.05, 4.69) is 5.10 Å². The molecule has 0 saturated heterocycles. The van der Waals surface area contributed by atoms with Gasteiger partial charge in [0, 0.05) is 6.54 Å². The number of carbonyl (C=O) groups is 1. The molecule has 144 valence electrons. The molecule has 0 radical (unpaired) electrons. The summed E-state index contributed by atoms with van der Waals surface area (Å²) in [6.07, 6.45) is 0. The minimum Gasteiger partial charge on any atom is -0.491 e. The predicted octanol–water partition coefficient (Wildman–Crippen LogP) is 2.91. The molecule has 0 bridgehead atoms. The molecule has 3 rings (SSSR count). The minimum absolute atomic E-state index is 0. The van der Waals surface area contributed by atoms with Crippen LogP contribution in [0.3, 0.4) is 0 Å². The quantitative estimate of drug-likeness (QED) is 0.757. The van der Waals surface area contributed by atoms with E-state index in [0.717, 1.165) is 11.6 Å². The van der Waals surface area contributed by atoms with Gasteiger partial charge < -0.3 is 14.4 Å². The Labute approximate surface area is 163 Å². The third kappa shape index (κ3) is 4.96. The summed E-state index contributed by atoms with van der Waals surface area (Å²) < 4.78 is 25.4. The number of rotatable bonds is 6. The van der Waals surface area contributed by atoms with Gasteiger partial charge in [0.2, 0.25) is 5.90 Å². The van der Waals surface area contributed by atoms with Gasteiger partial charge in [-0.25, -0.2) is 4.39 Å². The first kappa shape index (κ1) is 20.7. The first-order valence-electron chi connectivity index (χ1n) is 8.22. The van der Waals surface area contributed by atoms with Crippen molar-refractivity contribution in [3.63, 3.8) is 0 Å². The Morgan fingerprint density at radius 1 is 1.19 bits per heavy atom. The third-order valence-electron chi connectivity index (χ3n) is 3.75. The maximum Gasteiger partial charge on any atom is 0.285 e. The van der Waals surface area contributed by atoms with Gasteiger partial charge in [0.1, 0.15) is 23.9 Å². The van der Waals surface area contributed by atoms with Gasteiger partial charge in [-0.05, 0) is 38.4 Å². The highest BCUT2D eigenvalue weighted by atomic mass is 35.5. The molecule has 1 aliphatic heterocycles. The average molecular weight is 394 g/mol. The fraction of sp³-hybridized carbons (Fsp3) is 0.263. The lowest BCUT2D eigenvalue weighted by Gasteiger charge is -2.25. The molecule has 2 aromatic rings. The topological polar surface area (TPSA) is 54.4 Å². The van der Waals surface area contributed by atoms with Crippen molar-refractivity contribution in [2.45, 2.75) is 0 Å². The van der Waals surface area contributed by atoms with E-state index in [-0.39, 0.29) is 30.6 Å². The highest BCUT2D eigenvalue weighted by molar-refractivity contribution is 6.05. The molecule has 0 aromatic heterocycles. The van der Waals surface area contributed by atoms with Gasteiger partial charge in [-0.3, -0.25) is 4.79 Å². The van der Waals surface area contributed by atoms with Crippen molar-refractivity contribution in [1.29, 1.82) is 0 Å². The van der Waals surface area contributed by atoms with Crippen LogP contribution in [0.5, 0.6) is 5.75 Å². The van der Waals surface area contributed by atoms with Crippen LogP contribution in [0.15, 0.2) is 53.6 Å². The van der Waals surface area contributed by atoms with Gasteiger partial charge in [-0.15, -0.1) is 17.5 Å². The van der Waals surface area contributed by atoms with Crippen LogP contribution in [-0.2, 0) is 9.53 Å². The zero-order valence-corrected chi connectivity index (χ0v) is 15.9. The van der Waals surface area contributed by atoms with E-state index in [1.54, 1.807) is 24.3 Å². The van der Waals surface area contributed by atoms with Crippen molar-refractivity contribution in [1.82, 2.24) is 4.90 Å². The van der Waals surface area contributed by atoms with Crippen LogP contribution in [0.25, 0.3) is 0 Å². The number of hydrogen-bond donors (Lipinski definition) is 0. The first-order chi connectivity index (χ1) is 12.6. The van der Waals surface area contributed by atoms with Crippen LogP contribution in [0.2, 0.25) is 0 Å². The fourth-order valence-electron chi connectivity index (χ4n) is 2.42. The minimum atomic E-state index is -0.527. The van der Waals surface area contributed by atoms with E-state index < -0.39 is 11.7 Å². The average Bonchev–Trinajstić information content (AvgIpc) is 2.63. The molecule has 1 amide bonds. The van der Waals surface area contributed by atoms with E-state index in [9.17, 15) is 9.18 Å². The Bertz CT molecular complexity index is 829. The molecule has 6 nitrogen and oxygen atoms in total. The summed E-state index contributed by atoms with van der Waals surface area (Å²) in [4.78, 5) is 14.2. The summed E-state index contributed by atoms with van der Waals surface area (Å²) in [7, 11) is 3.92. The van der Waals surface area contributed by atoms with Crippen LogP contribution < -0.4 is 9.75 Å². The summed E-state index contributed by atoms with van der Waals surface area (Å²) in [6, 6.07) is 13.3. The van der Waals surface area contributed by atoms with Crippen molar-refractivity contribution >= 4 is 29.9 Å². The molecule has 0 unspecified atom stereocenters. The Morgan fingerprint density at radius 2 is 1.89 bits per heavy atom. The summed E-state index contributed by atoms with van der Waals surface area (Å²) >= 11 is 0. The molecule has 0 spiro atoms. The Morgan fingerprint density at radius 3 is 2.63 bits per heavy atom. The van der Waals surface area contributed by atoms with Crippen LogP contribution in [-0.4, -0.2) is 50.6 Å². The Kier molecular flexibility index (Phi) is 7.15. The number of likely N-dealkylation sites (N-methyl/N-ethyl adjacent to an activating group) is 1. The number of nitrogens with zero attached hydrogens (tertiary/aromatic N) is 3. The number of halogens is 2. The molecule has 0 saturated carbocycles. The van der Waals surface area contributed by atoms with Crippen molar-refractivity contribution in [2.24, 2.45) is 5.10 Å². The van der Waals surface area contributed by atoms with E-state index >= 15 is 0 Å². The molecule has 0 fully saturated rings. The molecule has 2 aromatic carbocycles. The lowest BCUT2D eigenvalue weighted by Crippen LogP contribution is -2.37. The van der Waals surface area contributed by atoms with E-state index in [4.69, 9.17) is 9.47 Å². The second-order valence-electron chi connectivity index (χ2n) is 6.00. The Balaban J connectivity index is 0.00000261. The fourth-order valence-corrected chi connectivity index (χ4v) is 2.42. The molecule has 0 aliphatic carbocycles. The standard InChI is InChI=1S/C19H20FN3O3.ClH/c1-22(2)11-12-25-17-10-6-3-7-14(17)19-21-23(18(24)13-26-19)16-9-5-4-8-15(16)20;/h3-10H,11-13H2,1-2H3;1H. The number of benzene rings is 2. The second kappa shape index (κ2) is 9.34. The van der Waals surface area contributed by atoms with Crippen LogP contribution in [0.1, 0.15) is 5.56 Å². The zero-order valence-electron chi connectivity index (χ0n) is 15.1. The number of hydrogen-bond acceptors (Lipinski definition) is 5. The lowest BCUT2D eigenvalue weighted by atomic mass is 10.2. The van der Waals surface area contributed by atoms with Gasteiger partial charge in [0.05, 0.1) is 5.56 Å². The Hall–Kier alpha value is -2.64. The molecular formula is C19H21ClFN3O3. The number of para-hydroxylation sites is 2. The molecule has 0 atom stereocenters. The van der Waals surface area contributed by atoms with Crippen molar-refractivity contribution in [2.75, 3.05) is 38.9 Å². The van der Waals surface area contributed by atoms with Crippen molar-refractivity contribution in [3.8, 4) is 5.75 Å². The highest BCUT2D eigenvalue weighted by Crippen LogP contribution is 2.25. The summed E-state index contributed by atoms with van der Waals surface area (Å²) in [5, 5.41) is 5.25. The second-order valence-corrected chi connectivity index (χ2v) is 6.00. The SMILES string of the molecule is CN(C)CCOc1ccccc1C1=NN(c2ccccc2F)C(=O)CO1.Cl. The normalized spacial score (nSPS) is 13.7. The monoisotopic (exact) mass is 393 g/mol. The van der Waals surface area contributed by atoms with Gasteiger partial charge >= 0.3 is 0 Å². The van der Waals surface area contributed by atoms with Gasteiger partial charge in [-0.2, -0.15) is 5.01 Å². The molecule has 1 aliphatic rings. The molecule has 8 heteroatoms. The first-order valence-corrected chi connectivity index (χ1v) is 8.22. The van der Waals surface area contributed by atoms with Gasteiger partial charge in [-0.1, -0.05) is 24.3 Å². The molecule has 0 N–H and O–H groups in total. The number of anilines is 1. The van der Waals surface area contributed by atoms with E-state index in [1.807, 2.05) is 31.1 Å².